The average molecular weight is 567 g/mol. The van der Waals surface area contributed by atoms with Crippen molar-refractivity contribution in [3.63, 3.8) is 0 Å². The number of hydrogen-bond donors (Lipinski definition) is 4. The van der Waals surface area contributed by atoms with Crippen LogP contribution in [0, 0.1) is 5.92 Å². The number of rotatable bonds is 26. The van der Waals surface area contributed by atoms with Crippen LogP contribution in [0.3, 0.4) is 0 Å². The van der Waals surface area contributed by atoms with Gasteiger partial charge in [-0.1, -0.05) is 88.8 Å². The van der Waals surface area contributed by atoms with Gasteiger partial charge < -0.3 is 20.1 Å². The van der Waals surface area contributed by atoms with E-state index in [-0.39, 0.29) is 17.7 Å². The average Bonchev–Trinajstić information content (AvgIpc) is 2.95. The first-order valence-electron chi connectivity index (χ1n) is 15.5. The van der Waals surface area contributed by atoms with E-state index in [4.69, 9.17) is 9.47 Å². The summed E-state index contributed by atoms with van der Waals surface area (Å²) in [6.45, 7) is 9.66. The molecule has 0 aliphatic carbocycles. The predicted molar refractivity (Wildman–Crippen MR) is 169 cm³/mol. The lowest BCUT2D eigenvalue weighted by atomic mass is 9.99. The number of amides is 2. The molecule has 0 aliphatic heterocycles. The number of nitrogens with one attached hydrogen (secondary N) is 4. The molecule has 4 N–H and O–H groups in total. The molecule has 0 radical (unpaired) electrons. The molecule has 2 amide bonds. The van der Waals surface area contributed by atoms with Gasteiger partial charge in [-0.05, 0) is 53.1 Å². The maximum atomic E-state index is 12.4. The molecule has 0 aromatic heterocycles. The lowest BCUT2D eigenvalue weighted by Gasteiger charge is -2.13. The Balaban J connectivity index is 0. The van der Waals surface area contributed by atoms with Crippen molar-refractivity contribution < 1.29 is 19.1 Å². The fraction of sp³-hybridized carbons (Fsp3) is 0.750. The Morgan fingerprint density at radius 1 is 0.750 bits per heavy atom. The van der Waals surface area contributed by atoms with Crippen LogP contribution in [-0.4, -0.2) is 65.7 Å². The molecule has 0 fully saturated rings. The van der Waals surface area contributed by atoms with Crippen molar-refractivity contribution in [3.8, 4) is 0 Å². The lowest BCUT2D eigenvalue weighted by molar-refractivity contribution is -0.124. The van der Waals surface area contributed by atoms with Crippen LogP contribution in [0.4, 0.5) is 0 Å². The second kappa shape index (κ2) is 35.0. The van der Waals surface area contributed by atoms with Gasteiger partial charge in [0.15, 0.2) is 0 Å². The monoisotopic (exact) mass is 566 g/mol. The summed E-state index contributed by atoms with van der Waals surface area (Å²) < 4.78 is 10.4. The van der Waals surface area contributed by atoms with Gasteiger partial charge in [0.25, 0.3) is 0 Å². The molecule has 0 saturated carbocycles. The molecule has 0 aromatic rings. The summed E-state index contributed by atoms with van der Waals surface area (Å²) in [7, 11) is 3.66. The molecule has 0 bridgehead atoms. The van der Waals surface area contributed by atoms with E-state index in [0.29, 0.717) is 46.2 Å². The van der Waals surface area contributed by atoms with Crippen LogP contribution in [0.2, 0.25) is 0 Å². The Bertz CT molecular complexity index is 638. The van der Waals surface area contributed by atoms with Gasteiger partial charge in [-0.2, -0.15) is 0 Å². The van der Waals surface area contributed by atoms with Gasteiger partial charge in [0.05, 0.1) is 32.6 Å². The van der Waals surface area contributed by atoms with Gasteiger partial charge in [-0.15, -0.1) is 0 Å². The van der Waals surface area contributed by atoms with Gasteiger partial charge >= 0.3 is 0 Å². The molecule has 0 saturated heterocycles. The molecule has 0 aliphatic rings. The molecule has 0 rings (SSSR count). The number of hydrogen-bond acceptors (Lipinski definition) is 6. The topological polar surface area (TPSA) is 101 Å². The lowest BCUT2D eigenvalue weighted by Crippen LogP contribution is -2.33. The van der Waals surface area contributed by atoms with Crippen LogP contribution in [0.1, 0.15) is 97.8 Å². The fourth-order valence-electron chi connectivity index (χ4n) is 3.61. The number of carbonyl (C=O) groups excluding carboxylic acids is 2. The number of ether oxygens (including phenoxy) is 2. The largest absolute Gasteiger partial charge is 0.364 e. The Kier molecular flexibility index (Phi) is 35.1. The van der Waals surface area contributed by atoms with Crippen molar-refractivity contribution >= 4 is 11.8 Å². The zero-order valence-corrected chi connectivity index (χ0v) is 26.4. The first kappa shape index (κ1) is 40.1. The summed E-state index contributed by atoms with van der Waals surface area (Å²) in [4.78, 5) is 23.6. The summed E-state index contributed by atoms with van der Waals surface area (Å²) in [6.07, 6.45) is 25.6. The van der Waals surface area contributed by atoms with E-state index in [1.165, 1.54) is 38.5 Å². The summed E-state index contributed by atoms with van der Waals surface area (Å²) in [5, 5.41) is 11.5. The minimum atomic E-state index is -0.0235. The molecule has 0 spiro atoms. The van der Waals surface area contributed by atoms with Crippen molar-refractivity contribution in [3.05, 3.63) is 36.5 Å². The van der Waals surface area contributed by atoms with Crippen molar-refractivity contribution in [1.82, 2.24) is 21.3 Å². The normalized spacial score (nSPS) is 12.1. The van der Waals surface area contributed by atoms with E-state index in [9.17, 15) is 9.59 Å². The molecular formula is C32H62N4O4. The van der Waals surface area contributed by atoms with E-state index in [1.807, 2.05) is 33.2 Å². The van der Waals surface area contributed by atoms with Gasteiger partial charge in [-0.3, -0.25) is 20.2 Å². The van der Waals surface area contributed by atoms with Crippen molar-refractivity contribution in [2.24, 2.45) is 5.92 Å². The Morgan fingerprint density at radius 2 is 1.40 bits per heavy atom. The first-order chi connectivity index (χ1) is 19.6. The molecule has 234 valence electrons. The quantitative estimate of drug-likeness (QED) is 0.0616. The Hall–Kier alpha value is -2.00. The van der Waals surface area contributed by atoms with Crippen LogP contribution in [-0.2, 0) is 19.1 Å². The van der Waals surface area contributed by atoms with E-state index < -0.39 is 0 Å². The fourth-order valence-corrected chi connectivity index (χ4v) is 3.61. The highest BCUT2D eigenvalue weighted by atomic mass is 16.5. The second-order valence-electron chi connectivity index (χ2n) is 9.65. The minimum Gasteiger partial charge on any atom is -0.364 e. The van der Waals surface area contributed by atoms with Crippen molar-refractivity contribution in [2.45, 2.75) is 97.8 Å². The highest BCUT2D eigenvalue weighted by molar-refractivity contribution is 5.80. The first-order valence-corrected chi connectivity index (χ1v) is 15.5. The summed E-state index contributed by atoms with van der Waals surface area (Å²) in [5.74, 6) is 0.179. The zero-order valence-electron chi connectivity index (χ0n) is 26.4. The SMILES string of the molecule is CC=CCCC(=O)NCCOCNC.CCCCCC=CCC=CC(CCCCCC)C(=O)NCCOCNC. The van der Waals surface area contributed by atoms with Gasteiger partial charge in [0.1, 0.15) is 0 Å². The zero-order chi connectivity index (χ0) is 29.9. The number of carbonyl (C=O) groups is 2. The third kappa shape index (κ3) is 32.2. The van der Waals surface area contributed by atoms with Gasteiger partial charge in [-0.25, -0.2) is 0 Å². The third-order valence-electron chi connectivity index (χ3n) is 5.87. The van der Waals surface area contributed by atoms with E-state index >= 15 is 0 Å². The summed E-state index contributed by atoms with van der Waals surface area (Å²) in [5.41, 5.74) is 0. The third-order valence-corrected chi connectivity index (χ3v) is 5.87. The Labute approximate surface area is 246 Å². The highest BCUT2D eigenvalue weighted by Crippen LogP contribution is 2.13. The smallest absolute Gasteiger partial charge is 0.226 e. The van der Waals surface area contributed by atoms with E-state index in [0.717, 1.165) is 32.1 Å². The molecule has 8 nitrogen and oxygen atoms in total. The molecule has 0 aromatic carbocycles. The summed E-state index contributed by atoms with van der Waals surface area (Å²) in [6, 6.07) is 0. The van der Waals surface area contributed by atoms with Crippen molar-refractivity contribution in [1.29, 1.82) is 0 Å². The van der Waals surface area contributed by atoms with Crippen LogP contribution < -0.4 is 21.3 Å². The maximum Gasteiger partial charge on any atom is 0.226 e. The molecule has 8 heteroatoms. The minimum absolute atomic E-state index is 0.0235. The molecule has 1 unspecified atom stereocenters. The van der Waals surface area contributed by atoms with Crippen LogP contribution in [0.5, 0.6) is 0 Å². The van der Waals surface area contributed by atoms with Crippen LogP contribution in [0.25, 0.3) is 0 Å². The standard InChI is InChI=1S/C22H42N2O2.C10H20N2O2/c1-4-6-8-10-11-12-13-15-17-21(16-14-9-7-5-2)22(25)24-18-19-26-20-23-3;1-3-4-5-6-10(13)12-7-8-14-9-11-2/h11-12,15,17,21,23H,4-10,13-14,16,18-20H2,1-3H3,(H,24,25);3-4,11H,5-9H2,1-2H3,(H,12,13). The van der Waals surface area contributed by atoms with Gasteiger partial charge in [0.2, 0.25) is 11.8 Å². The molecule has 1 atom stereocenters. The van der Waals surface area contributed by atoms with Crippen LogP contribution >= 0.6 is 0 Å². The maximum absolute atomic E-state index is 12.4. The van der Waals surface area contributed by atoms with E-state index in [1.54, 1.807) is 0 Å². The molecular weight excluding hydrogens is 504 g/mol. The Morgan fingerprint density at radius 3 is 2.02 bits per heavy atom. The van der Waals surface area contributed by atoms with Crippen LogP contribution in [0.15, 0.2) is 36.5 Å². The number of unbranched alkanes of at least 4 members (excludes halogenated alkanes) is 6. The highest BCUT2D eigenvalue weighted by Gasteiger charge is 2.14. The predicted octanol–water partition coefficient (Wildman–Crippen LogP) is 5.62. The van der Waals surface area contributed by atoms with E-state index in [2.05, 4.69) is 59.4 Å². The summed E-state index contributed by atoms with van der Waals surface area (Å²) >= 11 is 0. The molecule has 0 heterocycles. The molecule has 40 heavy (non-hydrogen) atoms. The second-order valence-corrected chi connectivity index (χ2v) is 9.65. The van der Waals surface area contributed by atoms with Crippen molar-refractivity contribution in [2.75, 3.05) is 53.9 Å². The van der Waals surface area contributed by atoms with Gasteiger partial charge in [0, 0.05) is 19.5 Å². The number of allylic oxidation sites excluding steroid dienone is 5.